The predicted octanol–water partition coefficient (Wildman–Crippen LogP) is 2.58. The number of carbonyl (C=O) groups is 2. The third-order valence-corrected chi connectivity index (χ3v) is 5.46. The number of nitrogens with one attached hydrogen (secondary N) is 3. The Hall–Kier alpha value is -2.50. The molecule has 0 aliphatic rings. The summed E-state index contributed by atoms with van der Waals surface area (Å²) in [6.45, 7) is 2.12. The normalized spacial score (nSPS) is 12.2. The molecule has 0 unspecified atom stereocenters. The highest BCUT2D eigenvalue weighted by Gasteiger charge is 2.22. The van der Waals surface area contributed by atoms with E-state index in [1.54, 1.807) is 6.92 Å². The van der Waals surface area contributed by atoms with Gasteiger partial charge in [0, 0.05) is 17.5 Å². The quantitative estimate of drug-likeness (QED) is 0.448. The molecular weight excluding hydrogens is 428 g/mol. The van der Waals surface area contributed by atoms with Crippen LogP contribution in [0.2, 0.25) is 0 Å². The fourth-order valence-electron chi connectivity index (χ4n) is 2.58. The van der Waals surface area contributed by atoms with Gasteiger partial charge in [0.05, 0.1) is 18.6 Å². The number of thiazole rings is 1. The summed E-state index contributed by atoms with van der Waals surface area (Å²) in [4.78, 5) is 28.9. The highest BCUT2D eigenvalue weighted by Crippen LogP contribution is 2.24. The summed E-state index contributed by atoms with van der Waals surface area (Å²) < 4.78 is 29.5. The summed E-state index contributed by atoms with van der Waals surface area (Å²) in [6.07, 6.45) is 1.78. The maximum atomic E-state index is 12.7. The minimum absolute atomic E-state index is 0.186. The van der Waals surface area contributed by atoms with Gasteiger partial charge in [0.25, 0.3) is 0 Å². The smallest absolute Gasteiger partial charge is 0.407 e. The number of ether oxygens (including phenoxy) is 1. The van der Waals surface area contributed by atoms with Gasteiger partial charge in [-0.15, -0.1) is 11.3 Å². The molecule has 0 saturated carbocycles. The summed E-state index contributed by atoms with van der Waals surface area (Å²) in [5.74, 6) is -0.409. The maximum Gasteiger partial charge on any atom is 0.407 e. The van der Waals surface area contributed by atoms with Crippen LogP contribution in [0.25, 0.3) is 11.3 Å². The highest BCUT2D eigenvalue weighted by atomic mass is 32.2. The number of alkyl carbamates (subject to hydrolysis) is 1. The van der Waals surface area contributed by atoms with Gasteiger partial charge < -0.3 is 15.4 Å². The van der Waals surface area contributed by atoms with Crippen molar-refractivity contribution in [2.45, 2.75) is 32.2 Å². The number of anilines is 1. The SMILES string of the molecule is CCOC(=O)N[C@@H](CCCCNS(C)(=O)=O)C(=O)Nc1nc(-c2ccccc2)cs1. The topological polar surface area (TPSA) is 126 Å². The van der Waals surface area contributed by atoms with Crippen molar-refractivity contribution < 1.29 is 22.7 Å². The lowest BCUT2D eigenvalue weighted by atomic mass is 10.1. The average molecular weight is 455 g/mol. The first-order chi connectivity index (χ1) is 14.3. The Balaban J connectivity index is 1.95. The van der Waals surface area contributed by atoms with E-state index in [0.29, 0.717) is 24.4 Å². The third kappa shape index (κ3) is 8.47. The monoisotopic (exact) mass is 454 g/mol. The van der Waals surface area contributed by atoms with E-state index in [1.165, 1.54) is 11.3 Å². The van der Waals surface area contributed by atoms with E-state index in [2.05, 4.69) is 20.3 Å². The molecule has 0 bridgehead atoms. The molecule has 0 saturated heterocycles. The van der Waals surface area contributed by atoms with E-state index in [9.17, 15) is 18.0 Å². The Morgan fingerprint density at radius 1 is 1.20 bits per heavy atom. The van der Waals surface area contributed by atoms with Gasteiger partial charge in [-0.2, -0.15) is 0 Å². The molecule has 0 aliphatic carbocycles. The summed E-state index contributed by atoms with van der Waals surface area (Å²) >= 11 is 1.29. The maximum absolute atomic E-state index is 12.7. The average Bonchev–Trinajstić information content (AvgIpc) is 3.15. The van der Waals surface area contributed by atoms with E-state index < -0.39 is 28.1 Å². The van der Waals surface area contributed by atoms with E-state index in [-0.39, 0.29) is 13.2 Å². The molecule has 0 spiro atoms. The van der Waals surface area contributed by atoms with Crippen molar-refractivity contribution in [1.82, 2.24) is 15.0 Å². The molecule has 1 heterocycles. The molecule has 9 nitrogen and oxygen atoms in total. The van der Waals surface area contributed by atoms with Gasteiger partial charge in [0.15, 0.2) is 5.13 Å². The number of hydrogen-bond donors (Lipinski definition) is 3. The number of hydrogen-bond acceptors (Lipinski definition) is 7. The van der Waals surface area contributed by atoms with Crippen LogP contribution in [0, 0.1) is 0 Å². The number of carbonyl (C=O) groups excluding carboxylic acids is 2. The standard InChI is InChI=1S/C19H26N4O5S2/c1-3-28-19(25)22-15(11-7-8-12-20-30(2,26)27)17(24)23-18-21-16(13-29-18)14-9-5-4-6-10-14/h4-6,9-10,13,15,20H,3,7-8,11-12H2,1-2H3,(H,22,25)(H,21,23,24)/t15-/m0/s1. The lowest BCUT2D eigenvalue weighted by Gasteiger charge is -2.17. The third-order valence-electron chi connectivity index (χ3n) is 3.97. The molecule has 2 aromatic rings. The van der Waals surface area contributed by atoms with Gasteiger partial charge in [-0.1, -0.05) is 30.3 Å². The second-order valence-electron chi connectivity index (χ2n) is 6.47. The first kappa shape index (κ1) is 23.8. The van der Waals surface area contributed by atoms with Crippen molar-refractivity contribution in [1.29, 1.82) is 0 Å². The van der Waals surface area contributed by atoms with Crippen LogP contribution >= 0.6 is 11.3 Å². The molecule has 2 amide bonds. The van der Waals surface area contributed by atoms with Crippen LogP contribution in [0.5, 0.6) is 0 Å². The summed E-state index contributed by atoms with van der Waals surface area (Å²) in [5.41, 5.74) is 1.69. The Morgan fingerprint density at radius 3 is 2.60 bits per heavy atom. The Labute approximate surface area is 180 Å². The number of unbranched alkanes of at least 4 members (excludes halogenated alkanes) is 1. The molecule has 30 heavy (non-hydrogen) atoms. The molecule has 0 fully saturated rings. The predicted molar refractivity (Wildman–Crippen MR) is 117 cm³/mol. The first-order valence-electron chi connectivity index (χ1n) is 9.48. The molecule has 2 rings (SSSR count). The van der Waals surface area contributed by atoms with E-state index in [4.69, 9.17) is 4.74 Å². The molecule has 0 radical (unpaired) electrons. The minimum atomic E-state index is -3.25. The zero-order valence-electron chi connectivity index (χ0n) is 16.9. The lowest BCUT2D eigenvalue weighted by molar-refractivity contribution is -0.118. The second kappa shape index (κ2) is 11.6. The van der Waals surface area contributed by atoms with Gasteiger partial charge in [0.2, 0.25) is 15.9 Å². The summed E-state index contributed by atoms with van der Waals surface area (Å²) in [6, 6.07) is 8.75. The van der Waals surface area contributed by atoms with Gasteiger partial charge in [-0.05, 0) is 26.2 Å². The summed E-state index contributed by atoms with van der Waals surface area (Å²) in [5, 5.41) is 7.55. The van der Waals surface area contributed by atoms with Crippen LogP contribution < -0.4 is 15.4 Å². The molecule has 1 atom stereocenters. The van der Waals surface area contributed by atoms with Crippen molar-refractivity contribution in [3.8, 4) is 11.3 Å². The minimum Gasteiger partial charge on any atom is -0.450 e. The zero-order chi connectivity index (χ0) is 22.0. The lowest BCUT2D eigenvalue weighted by Crippen LogP contribution is -2.44. The van der Waals surface area contributed by atoms with E-state index in [1.807, 2.05) is 35.7 Å². The van der Waals surface area contributed by atoms with E-state index in [0.717, 1.165) is 17.5 Å². The van der Waals surface area contributed by atoms with Crippen molar-refractivity contribution in [3.05, 3.63) is 35.7 Å². The van der Waals surface area contributed by atoms with Crippen LogP contribution in [0.1, 0.15) is 26.2 Å². The zero-order valence-corrected chi connectivity index (χ0v) is 18.5. The molecule has 3 N–H and O–H groups in total. The molecule has 1 aromatic heterocycles. The first-order valence-corrected chi connectivity index (χ1v) is 12.3. The van der Waals surface area contributed by atoms with Gasteiger partial charge in [0.1, 0.15) is 6.04 Å². The van der Waals surface area contributed by atoms with Crippen LogP contribution in [-0.2, 0) is 19.6 Å². The van der Waals surface area contributed by atoms with Crippen LogP contribution in [-0.4, -0.2) is 50.9 Å². The largest absolute Gasteiger partial charge is 0.450 e. The summed E-state index contributed by atoms with van der Waals surface area (Å²) in [7, 11) is -3.25. The molecule has 11 heteroatoms. The molecule has 164 valence electrons. The second-order valence-corrected chi connectivity index (χ2v) is 9.16. The Bertz CT molecular complexity index is 931. The molecule has 0 aliphatic heterocycles. The van der Waals surface area contributed by atoms with Gasteiger partial charge in [-0.25, -0.2) is 22.9 Å². The van der Waals surface area contributed by atoms with Crippen molar-refractivity contribution in [2.24, 2.45) is 0 Å². The number of sulfonamides is 1. The van der Waals surface area contributed by atoms with Gasteiger partial charge >= 0.3 is 6.09 Å². The van der Waals surface area contributed by atoms with Gasteiger partial charge in [-0.3, -0.25) is 4.79 Å². The number of nitrogens with zero attached hydrogens (tertiary/aromatic N) is 1. The number of rotatable bonds is 11. The Kier molecular flexibility index (Phi) is 9.21. The fraction of sp³-hybridized carbons (Fsp3) is 0.421. The van der Waals surface area contributed by atoms with Crippen molar-refractivity contribution in [2.75, 3.05) is 24.7 Å². The van der Waals surface area contributed by atoms with Crippen LogP contribution in [0.4, 0.5) is 9.93 Å². The van der Waals surface area contributed by atoms with E-state index >= 15 is 0 Å². The van der Waals surface area contributed by atoms with Crippen LogP contribution in [0.3, 0.4) is 0 Å². The fourth-order valence-corrected chi connectivity index (χ4v) is 3.82. The highest BCUT2D eigenvalue weighted by molar-refractivity contribution is 7.88. The van der Waals surface area contributed by atoms with Crippen molar-refractivity contribution in [3.63, 3.8) is 0 Å². The van der Waals surface area contributed by atoms with Crippen LogP contribution in [0.15, 0.2) is 35.7 Å². The van der Waals surface area contributed by atoms with Crippen molar-refractivity contribution >= 4 is 38.5 Å². The molecular formula is C19H26N4O5S2. The number of aromatic nitrogens is 1. The molecule has 1 aromatic carbocycles. The Morgan fingerprint density at radius 2 is 1.93 bits per heavy atom. The number of amides is 2. The number of benzene rings is 1.